The summed E-state index contributed by atoms with van der Waals surface area (Å²) in [5.41, 5.74) is 2.85. The number of ether oxygens (including phenoxy) is 1. The van der Waals surface area contributed by atoms with Crippen LogP contribution in [0.3, 0.4) is 0 Å². The van der Waals surface area contributed by atoms with E-state index >= 15 is 0 Å². The van der Waals surface area contributed by atoms with Crippen molar-refractivity contribution < 1.29 is 22.7 Å². The van der Waals surface area contributed by atoms with E-state index in [1.54, 1.807) is 13.0 Å². The third kappa shape index (κ3) is 4.36. The highest BCUT2D eigenvalue weighted by Gasteiger charge is 2.26. The molecule has 2 nitrogen and oxygen atoms in total. The van der Waals surface area contributed by atoms with Crippen LogP contribution in [-0.2, 0) is 11.2 Å². The fourth-order valence-corrected chi connectivity index (χ4v) is 2.65. The summed E-state index contributed by atoms with van der Waals surface area (Å²) in [6.07, 6.45) is -2.40. The summed E-state index contributed by atoms with van der Waals surface area (Å²) in [6, 6.07) is 5.44. The third-order valence-corrected chi connectivity index (χ3v) is 3.76. The van der Waals surface area contributed by atoms with Gasteiger partial charge in [0.15, 0.2) is 5.78 Å². The number of benzene rings is 1. The van der Waals surface area contributed by atoms with Gasteiger partial charge in [-0.3, -0.25) is 4.79 Å². The first-order chi connectivity index (χ1) is 10.3. The summed E-state index contributed by atoms with van der Waals surface area (Å²) >= 11 is 0. The van der Waals surface area contributed by atoms with Crippen molar-refractivity contribution in [2.75, 3.05) is 6.61 Å². The Morgan fingerprint density at radius 2 is 2.09 bits per heavy atom. The van der Waals surface area contributed by atoms with E-state index in [4.69, 9.17) is 4.74 Å². The van der Waals surface area contributed by atoms with Crippen molar-refractivity contribution in [3.05, 3.63) is 34.9 Å². The van der Waals surface area contributed by atoms with Crippen LogP contribution in [-0.4, -0.2) is 18.6 Å². The molecule has 5 heteroatoms. The van der Waals surface area contributed by atoms with Crippen molar-refractivity contribution in [3.63, 3.8) is 0 Å². The molecule has 0 aliphatic heterocycles. The second-order valence-corrected chi connectivity index (χ2v) is 5.69. The summed E-state index contributed by atoms with van der Waals surface area (Å²) in [7, 11) is 0. The number of rotatable bonds is 5. The molecule has 0 bridgehead atoms. The first-order valence-electron chi connectivity index (χ1n) is 7.31. The van der Waals surface area contributed by atoms with Gasteiger partial charge in [-0.05, 0) is 60.6 Å². The van der Waals surface area contributed by atoms with E-state index in [2.05, 4.69) is 0 Å². The van der Waals surface area contributed by atoms with Gasteiger partial charge in [-0.25, -0.2) is 0 Å². The Bertz CT molecular complexity index is 588. The molecule has 0 fully saturated rings. The van der Waals surface area contributed by atoms with Crippen LogP contribution in [0.15, 0.2) is 23.8 Å². The number of carbonyl (C=O) groups is 1. The van der Waals surface area contributed by atoms with Gasteiger partial charge in [-0.15, -0.1) is 0 Å². The Morgan fingerprint density at radius 1 is 1.36 bits per heavy atom. The topological polar surface area (TPSA) is 26.3 Å². The van der Waals surface area contributed by atoms with Crippen LogP contribution in [0, 0.1) is 5.92 Å². The second-order valence-electron chi connectivity index (χ2n) is 5.69. The molecule has 0 unspecified atom stereocenters. The van der Waals surface area contributed by atoms with E-state index in [1.165, 1.54) is 0 Å². The van der Waals surface area contributed by atoms with Gasteiger partial charge in [0.2, 0.25) is 0 Å². The number of Topliss-reactive ketones (excluding diaryl/α,β-unsaturated/α-hetero) is 1. The van der Waals surface area contributed by atoms with Crippen LogP contribution in [0.5, 0.6) is 5.75 Å². The lowest BCUT2D eigenvalue weighted by atomic mass is 9.83. The minimum atomic E-state index is -4.14. The summed E-state index contributed by atoms with van der Waals surface area (Å²) in [6.45, 7) is 3.60. The van der Waals surface area contributed by atoms with Gasteiger partial charge < -0.3 is 4.74 Å². The molecule has 0 N–H and O–H groups in total. The van der Waals surface area contributed by atoms with E-state index in [-0.39, 0.29) is 24.7 Å². The molecular formula is C17H19F3O2. The van der Waals surface area contributed by atoms with Gasteiger partial charge in [-0.1, -0.05) is 13.0 Å². The van der Waals surface area contributed by atoms with E-state index in [1.807, 2.05) is 25.1 Å². The largest absolute Gasteiger partial charge is 0.494 e. The highest BCUT2D eigenvalue weighted by molar-refractivity contribution is 5.99. The lowest BCUT2D eigenvalue weighted by molar-refractivity contribution is -0.136. The number of halogens is 3. The average Bonchev–Trinajstić information content (AvgIpc) is 2.41. The predicted molar refractivity (Wildman–Crippen MR) is 78.8 cm³/mol. The molecule has 0 spiro atoms. The maximum atomic E-state index is 12.1. The molecule has 0 radical (unpaired) electrons. The van der Waals surface area contributed by atoms with E-state index < -0.39 is 12.6 Å². The van der Waals surface area contributed by atoms with Crippen LogP contribution in [0.25, 0.3) is 6.08 Å². The standard InChI is InChI=1S/C17H19F3O2/c1-11-8-14-9-15(22-7-3-6-17(18,19)20)5-4-13(14)10-16(11)12(2)21/h4-5,9-11H,3,6-8H2,1-2H3/t11-/m1/s1. The van der Waals surface area contributed by atoms with E-state index in [0.717, 1.165) is 23.1 Å². The number of carbonyl (C=O) groups excluding carboxylic acids is 1. The van der Waals surface area contributed by atoms with Gasteiger partial charge in [-0.2, -0.15) is 13.2 Å². The fraction of sp³-hybridized carbons (Fsp3) is 0.471. The summed E-state index contributed by atoms with van der Waals surface area (Å²) < 4.78 is 41.6. The summed E-state index contributed by atoms with van der Waals surface area (Å²) in [5, 5.41) is 0. The first kappa shape index (κ1) is 16.6. The number of ketones is 1. The second kappa shape index (κ2) is 6.55. The monoisotopic (exact) mass is 312 g/mol. The van der Waals surface area contributed by atoms with Gasteiger partial charge in [0.05, 0.1) is 6.61 Å². The Balaban J connectivity index is 2.01. The number of fused-ring (bicyclic) bond motifs is 1. The van der Waals surface area contributed by atoms with Gasteiger partial charge in [0.1, 0.15) is 5.75 Å². The summed E-state index contributed by atoms with van der Waals surface area (Å²) in [5.74, 6) is 0.795. The Kier molecular flexibility index (Phi) is 4.94. The number of allylic oxidation sites excluding steroid dienone is 1. The average molecular weight is 312 g/mol. The minimum absolute atomic E-state index is 0.0440. The Hall–Kier alpha value is -1.78. The third-order valence-electron chi connectivity index (χ3n) is 3.76. The van der Waals surface area contributed by atoms with E-state index in [9.17, 15) is 18.0 Å². The van der Waals surface area contributed by atoms with Crippen molar-refractivity contribution in [2.24, 2.45) is 5.92 Å². The molecule has 1 aliphatic rings. The SMILES string of the molecule is CC(=O)C1=Cc2ccc(OCCCC(F)(F)F)cc2C[C@H]1C. The molecule has 0 saturated carbocycles. The fourth-order valence-electron chi connectivity index (χ4n) is 2.65. The van der Waals surface area contributed by atoms with Gasteiger partial charge in [0, 0.05) is 6.42 Å². The molecule has 22 heavy (non-hydrogen) atoms. The molecule has 0 amide bonds. The van der Waals surface area contributed by atoms with E-state index in [0.29, 0.717) is 5.75 Å². The molecule has 1 aromatic rings. The molecular weight excluding hydrogens is 293 g/mol. The molecule has 0 aromatic heterocycles. The van der Waals surface area contributed by atoms with Crippen LogP contribution >= 0.6 is 0 Å². The van der Waals surface area contributed by atoms with Crippen molar-refractivity contribution in [1.29, 1.82) is 0 Å². The zero-order chi connectivity index (χ0) is 16.3. The minimum Gasteiger partial charge on any atom is -0.494 e. The molecule has 0 heterocycles. The Morgan fingerprint density at radius 3 is 2.73 bits per heavy atom. The molecule has 1 atom stereocenters. The normalized spacial score (nSPS) is 17.7. The quantitative estimate of drug-likeness (QED) is 0.744. The predicted octanol–water partition coefficient (Wildman–Crippen LogP) is 4.57. The zero-order valence-corrected chi connectivity index (χ0v) is 12.7. The van der Waals surface area contributed by atoms with Crippen LogP contribution < -0.4 is 4.74 Å². The number of alkyl halides is 3. The lowest BCUT2D eigenvalue weighted by Crippen LogP contribution is -2.15. The maximum absolute atomic E-state index is 12.1. The molecule has 1 aliphatic carbocycles. The van der Waals surface area contributed by atoms with Gasteiger partial charge >= 0.3 is 6.18 Å². The zero-order valence-electron chi connectivity index (χ0n) is 12.7. The first-order valence-corrected chi connectivity index (χ1v) is 7.31. The molecule has 2 rings (SSSR count). The van der Waals surface area contributed by atoms with Crippen LogP contribution in [0.4, 0.5) is 13.2 Å². The number of hydrogen-bond acceptors (Lipinski definition) is 2. The van der Waals surface area contributed by atoms with Crippen molar-refractivity contribution in [2.45, 2.75) is 39.3 Å². The highest BCUT2D eigenvalue weighted by Crippen LogP contribution is 2.31. The smallest absolute Gasteiger partial charge is 0.389 e. The Labute approximate surface area is 128 Å². The van der Waals surface area contributed by atoms with Crippen molar-refractivity contribution in [1.82, 2.24) is 0 Å². The maximum Gasteiger partial charge on any atom is 0.389 e. The molecule has 0 saturated heterocycles. The highest BCUT2D eigenvalue weighted by atomic mass is 19.4. The molecule has 120 valence electrons. The lowest BCUT2D eigenvalue weighted by Gasteiger charge is -2.22. The summed E-state index contributed by atoms with van der Waals surface area (Å²) in [4.78, 5) is 11.6. The van der Waals surface area contributed by atoms with Crippen LogP contribution in [0.1, 0.15) is 37.8 Å². The molecule has 1 aromatic carbocycles. The number of hydrogen-bond donors (Lipinski definition) is 0. The van der Waals surface area contributed by atoms with Crippen molar-refractivity contribution in [3.8, 4) is 5.75 Å². The van der Waals surface area contributed by atoms with Crippen molar-refractivity contribution >= 4 is 11.9 Å². The van der Waals surface area contributed by atoms with Gasteiger partial charge in [0.25, 0.3) is 0 Å². The van der Waals surface area contributed by atoms with Crippen LogP contribution in [0.2, 0.25) is 0 Å².